The molecular formula is C16H12N4O2S. The lowest BCUT2D eigenvalue weighted by atomic mass is 10.0. The standard InChI is InChI=1S/C16H12N4O2S/c1-22-15-9(2-4-12-14(15)19-8-23-12)11-6-17-16-10(11)3-5-13(20-16)18-7-21/h2-8H,1H3,(H2,17,18,20,21). The molecule has 0 saturated heterocycles. The fourth-order valence-electron chi connectivity index (χ4n) is 2.69. The number of hydrogen-bond donors (Lipinski definition) is 2. The van der Waals surface area contributed by atoms with E-state index in [9.17, 15) is 4.79 Å². The molecule has 2 N–H and O–H groups in total. The van der Waals surface area contributed by atoms with Crippen LogP contribution in [0.2, 0.25) is 0 Å². The van der Waals surface area contributed by atoms with Crippen molar-refractivity contribution >= 4 is 44.8 Å². The van der Waals surface area contributed by atoms with Crippen molar-refractivity contribution in [3.63, 3.8) is 0 Å². The summed E-state index contributed by atoms with van der Waals surface area (Å²) in [5, 5.41) is 3.50. The number of H-pyrrole nitrogens is 1. The van der Waals surface area contributed by atoms with Crippen LogP contribution in [0.15, 0.2) is 36.0 Å². The number of ether oxygens (including phenoxy) is 1. The Morgan fingerprint density at radius 3 is 3.00 bits per heavy atom. The largest absolute Gasteiger partial charge is 0.494 e. The van der Waals surface area contributed by atoms with Gasteiger partial charge >= 0.3 is 0 Å². The Kier molecular flexibility index (Phi) is 3.20. The van der Waals surface area contributed by atoms with Gasteiger partial charge in [-0.3, -0.25) is 4.79 Å². The zero-order valence-electron chi connectivity index (χ0n) is 12.2. The summed E-state index contributed by atoms with van der Waals surface area (Å²) in [4.78, 5) is 22.4. The van der Waals surface area contributed by atoms with Crippen molar-refractivity contribution in [3.8, 4) is 16.9 Å². The monoisotopic (exact) mass is 324 g/mol. The molecule has 0 saturated carbocycles. The molecule has 6 nitrogen and oxygen atoms in total. The average Bonchev–Trinajstić information content (AvgIpc) is 3.20. The van der Waals surface area contributed by atoms with Gasteiger partial charge in [-0.2, -0.15) is 0 Å². The van der Waals surface area contributed by atoms with Gasteiger partial charge < -0.3 is 15.0 Å². The van der Waals surface area contributed by atoms with Crippen LogP contribution in [0, 0.1) is 0 Å². The summed E-state index contributed by atoms with van der Waals surface area (Å²) >= 11 is 1.58. The number of rotatable bonds is 4. The first-order valence-electron chi connectivity index (χ1n) is 6.90. The Bertz CT molecular complexity index is 1020. The molecule has 4 aromatic rings. The topological polar surface area (TPSA) is 79.9 Å². The van der Waals surface area contributed by atoms with Crippen molar-refractivity contribution in [2.75, 3.05) is 12.4 Å². The summed E-state index contributed by atoms with van der Waals surface area (Å²) in [5.41, 5.74) is 5.31. The van der Waals surface area contributed by atoms with Gasteiger partial charge in [-0.05, 0) is 24.3 Å². The van der Waals surface area contributed by atoms with E-state index in [1.165, 1.54) is 0 Å². The van der Waals surface area contributed by atoms with E-state index in [0.29, 0.717) is 17.9 Å². The van der Waals surface area contributed by atoms with Crippen LogP contribution in [0.25, 0.3) is 32.4 Å². The molecule has 0 aliphatic carbocycles. The summed E-state index contributed by atoms with van der Waals surface area (Å²) in [6.45, 7) is 0. The van der Waals surface area contributed by atoms with E-state index in [2.05, 4.69) is 20.3 Å². The Balaban J connectivity index is 1.93. The number of anilines is 1. The average molecular weight is 324 g/mol. The number of methoxy groups -OCH3 is 1. The Labute approximate surface area is 135 Å². The molecule has 0 radical (unpaired) electrons. The smallest absolute Gasteiger partial charge is 0.212 e. The third kappa shape index (κ3) is 2.13. The highest BCUT2D eigenvalue weighted by atomic mass is 32.1. The number of fused-ring (bicyclic) bond motifs is 2. The Hall–Kier alpha value is -2.93. The van der Waals surface area contributed by atoms with Crippen LogP contribution in [0.5, 0.6) is 5.75 Å². The minimum Gasteiger partial charge on any atom is -0.494 e. The lowest BCUT2D eigenvalue weighted by Gasteiger charge is -2.08. The molecule has 0 fully saturated rings. The van der Waals surface area contributed by atoms with Crippen molar-refractivity contribution < 1.29 is 9.53 Å². The number of aromatic amines is 1. The first-order valence-corrected chi connectivity index (χ1v) is 7.78. The Morgan fingerprint density at radius 1 is 1.26 bits per heavy atom. The van der Waals surface area contributed by atoms with Gasteiger partial charge in [0.1, 0.15) is 17.0 Å². The SMILES string of the molecule is COc1c(-c2c[nH]c3nc(NC=O)ccc23)ccc2scnc12. The van der Waals surface area contributed by atoms with Crippen LogP contribution in [0.3, 0.4) is 0 Å². The number of aromatic nitrogens is 3. The maximum Gasteiger partial charge on any atom is 0.212 e. The molecule has 4 rings (SSSR count). The normalized spacial score (nSPS) is 11.0. The minimum absolute atomic E-state index is 0.503. The second-order valence-corrected chi connectivity index (χ2v) is 5.79. The number of hydrogen-bond acceptors (Lipinski definition) is 5. The summed E-state index contributed by atoms with van der Waals surface area (Å²) in [6.07, 6.45) is 2.50. The van der Waals surface area contributed by atoms with E-state index in [-0.39, 0.29) is 0 Å². The molecule has 3 heterocycles. The zero-order valence-corrected chi connectivity index (χ0v) is 13.0. The van der Waals surface area contributed by atoms with Gasteiger partial charge in [0.15, 0.2) is 5.75 Å². The van der Waals surface area contributed by atoms with Gasteiger partial charge in [0.25, 0.3) is 0 Å². The van der Waals surface area contributed by atoms with Crippen LogP contribution in [0.1, 0.15) is 0 Å². The summed E-state index contributed by atoms with van der Waals surface area (Å²) in [6, 6.07) is 7.76. The highest BCUT2D eigenvalue weighted by molar-refractivity contribution is 7.16. The van der Waals surface area contributed by atoms with Gasteiger partial charge in [0, 0.05) is 22.7 Å². The number of thiazole rings is 1. The van der Waals surface area contributed by atoms with E-state index < -0.39 is 0 Å². The van der Waals surface area contributed by atoms with Gasteiger partial charge in [-0.1, -0.05) is 0 Å². The van der Waals surface area contributed by atoms with Crippen LogP contribution in [0.4, 0.5) is 5.82 Å². The maximum atomic E-state index is 10.5. The van der Waals surface area contributed by atoms with Crippen molar-refractivity contribution in [1.82, 2.24) is 15.0 Å². The number of pyridine rings is 1. The first kappa shape index (κ1) is 13.7. The third-order valence-corrected chi connectivity index (χ3v) is 4.49. The molecule has 1 aromatic carbocycles. The number of carbonyl (C=O) groups is 1. The van der Waals surface area contributed by atoms with Crippen molar-refractivity contribution in [1.29, 1.82) is 0 Å². The van der Waals surface area contributed by atoms with Crippen molar-refractivity contribution in [2.24, 2.45) is 0 Å². The van der Waals surface area contributed by atoms with E-state index in [1.807, 2.05) is 29.9 Å². The molecule has 0 atom stereocenters. The lowest BCUT2D eigenvalue weighted by molar-refractivity contribution is -0.105. The Morgan fingerprint density at radius 2 is 2.17 bits per heavy atom. The van der Waals surface area contributed by atoms with Gasteiger partial charge in [0.05, 0.1) is 17.3 Å². The predicted molar refractivity (Wildman–Crippen MR) is 90.9 cm³/mol. The highest BCUT2D eigenvalue weighted by Gasteiger charge is 2.16. The van der Waals surface area contributed by atoms with E-state index in [0.717, 1.165) is 32.5 Å². The van der Waals surface area contributed by atoms with Crippen LogP contribution >= 0.6 is 11.3 Å². The number of benzene rings is 1. The third-order valence-electron chi connectivity index (χ3n) is 3.70. The van der Waals surface area contributed by atoms with Gasteiger partial charge in [-0.15, -0.1) is 11.3 Å². The summed E-state index contributed by atoms with van der Waals surface area (Å²) < 4.78 is 6.69. The van der Waals surface area contributed by atoms with Crippen LogP contribution in [-0.4, -0.2) is 28.5 Å². The fraction of sp³-hybridized carbons (Fsp3) is 0.0625. The molecule has 0 unspecified atom stereocenters. The summed E-state index contributed by atoms with van der Waals surface area (Å²) in [5.74, 6) is 1.25. The minimum atomic E-state index is 0.503. The van der Waals surface area contributed by atoms with E-state index in [4.69, 9.17) is 4.74 Å². The van der Waals surface area contributed by atoms with Gasteiger partial charge in [-0.25, -0.2) is 9.97 Å². The zero-order chi connectivity index (χ0) is 15.8. The maximum absolute atomic E-state index is 10.5. The van der Waals surface area contributed by atoms with Crippen molar-refractivity contribution in [2.45, 2.75) is 0 Å². The number of nitrogens with one attached hydrogen (secondary N) is 2. The van der Waals surface area contributed by atoms with Crippen molar-refractivity contribution in [3.05, 3.63) is 36.0 Å². The van der Waals surface area contributed by atoms with Crippen LogP contribution in [-0.2, 0) is 4.79 Å². The number of amides is 1. The molecule has 23 heavy (non-hydrogen) atoms. The van der Waals surface area contributed by atoms with E-state index >= 15 is 0 Å². The molecule has 0 aliphatic rings. The molecule has 3 aromatic heterocycles. The number of nitrogens with zero attached hydrogens (tertiary/aromatic N) is 2. The highest BCUT2D eigenvalue weighted by Crippen LogP contribution is 2.40. The molecule has 0 aliphatic heterocycles. The van der Waals surface area contributed by atoms with E-state index in [1.54, 1.807) is 24.5 Å². The second kappa shape index (κ2) is 5.36. The van der Waals surface area contributed by atoms with Crippen LogP contribution < -0.4 is 10.1 Å². The molecule has 0 spiro atoms. The second-order valence-electron chi connectivity index (χ2n) is 4.90. The molecule has 114 valence electrons. The lowest BCUT2D eigenvalue weighted by Crippen LogP contribution is -1.96. The predicted octanol–water partition coefficient (Wildman–Crippen LogP) is 3.42. The first-order chi connectivity index (χ1) is 11.3. The molecule has 0 bridgehead atoms. The quantitative estimate of drug-likeness (QED) is 0.564. The summed E-state index contributed by atoms with van der Waals surface area (Å²) in [7, 11) is 1.65. The van der Waals surface area contributed by atoms with Gasteiger partial charge in [0.2, 0.25) is 6.41 Å². The number of carbonyl (C=O) groups excluding carboxylic acids is 1. The molecule has 1 amide bonds. The molecular weight excluding hydrogens is 312 g/mol. The fourth-order valence-corrected chi connectivity index (χ4v) is 3.37. The molecule has 7 heteroatoms.